The van der Waals surface area contributed by atoms with Crippen molar-refractivity contribution in [3.63, 3.8) is 0 Å². The number of rotatable bonds is 5. The van der Waals surface area contributed by atoms with E-state index in [2.05, 4.69) is 15.5 Å². The molecule has 0 bridgehead atoms. The first-order chi connectivity index (χ1) is 11.9. The molecule has 0 spiro atoms. The van der Waals surface area contributed by atoms with E-state index in [1.54, 1.807) is 54.7 Å². The Labute approximate surface area is 149 Å². The molecule has 0 saturated heterocycles. The monoisotopic (exact) mass is 373 g/mol. The molecular formula is C17H15N3O3S2. The minimum absolute atomic E-state index is 0.205. The first-order valence-electron chi connectivity index (χ1n) is 7.26. The Bertz CT molecular complexity index is 992. The van der Waals surface area contributed by atoms with Crippen LogP contribution in [-0.2, 0) is 9.84 Å². The minimum atomic E-state index is -3.20. The van der Waals surface area contributed by atoms with E-state index < -0.39 is 9.84 Å². The van der Waals surface area contributed by atoms with Crippen LogP contribution < -0.4 is 5.43 Å². The Morgan fingerprint density at radius 1 is 1.12 bits per heavy atom. The second-order valence-corrected chi connectivity index (χ2v) is 8.17. The number of hydrazone groups is 1. The molecule has 128 valence electrons. The highest BCUT2D eigenvalue weighted by molar-refractivity contribution is 7.90. The Balaban J connectivity index is 1.69. The molecule has 1 heterocycles. The van der Waals surface area contributed by atoms with Gasteiger partial charge in [-0.25, -0.2) is 13.4 Å². The van der Waals surface area contributed by atoms with E-state index in [1.807, 2.05) is 5.38 Å². The van der Waals surface area contributed by atoms with Crippen LogP contribution in [0.25, 0.3) is 11.3 Å². The molecule has 8 heteroatoms. The number of benzene rings is 2. The van der Waals surface area contributed by atoms with Gasteiger partial charge in [0.25, 0.3) is 0 Å². The zero-order valence-electron chi connectivity index (χ0n) is 13.2. The van der Waals surface area contributed by atoms with E-state index in [9.17, 15) is 13.5 Å². The number of aromatic nitrogens is 1. The Morgan fingerprint density at radius 3 is 2.44 bits per heavy atom. The van der Waals surface area contributed by atoms with Gasteiger partial charge in [-0.1, -0.05) is 12.1 Å². The number of nitrogens with zero attached hydrogens (tertiary/aromatic N) is 2. The standard InChI is InChI=1S/C17H15N3O3S2/c1-25(22,23)15-8-4-13(5-9-15)16-11-24-17(19-16)20-18-10-12-2-6-14(21)7-3-12/h2-11,21H,1H3,(H,19,20)/b18-10+. The molecule has 0 unspecified atom stereocenters. The molecule has 0 fully saturated rings. The summed E-state index contributed by atoms with van der Waals surface area (Å²) in [6.45, 7) is 0. The van der Waals surface area contributed by atoms with Gasteiger partial charge in [0, 0.05) is 17.2 Å². The molecule has 0 radical (unpaired) electrons. The third-order valence-electron chi connectivity index (χ3n) is 3.35. The number of phenols is 1. The molecular weight excluding hydrogens is 358 g/mol. The number of aromatic hydroxyl groups is 1. The smallest absolute Gasteiger partial charge is 0.203 e. The van der Waals surface area contributed by atoms with Crippen LogP contribution in [0, 0.1) is 0 Å². The summed E-state index contributed by atoms with van der Waals surface area (Å²) in [6.07, 6.45) is 2.81. The van der Waals surface area contributed by atoms with Crippen LogP contribution in [0.2, 0.25) is 0 Å². The summed E-state index contributed by atoms with van der Waals surface area (Å²) in [7, 11) is -3.20. The number of nitrogens with one attached hydrogen (secondary N) is 1. The highest BCUT2D eigenvalue weighted by Crippen LogP contribution is 2.25. The second kappa shape index (κ2) is 7.04. The third kappa shape index (κ3) is 4.43. The number of anilines is 1. The minimum Gasteiger partial charge on any atom is -0.508 e. The van der Waals surface area contributed by atoms with Crippen molar-refractivity contribution < 1.29 is 13.5 Å². The zero-order chi connectivity index (χ0) is 17.9. The number of hydrogen-bond donors (Lipinski definition) is 2. The van der Waals surface area contributed by atoms with Gasteiger partial charge < -0.3 is 5.11 Å². The molecule has 3 rings (SSSR count). The normalized spacial score (nSPS) is 11.7. The second-order valence-electron chi connectivity index (χ2n) is 5.30. The predicted molar refractivity (Wildman–Crippen MR) is 100.0 cm³/mol. The summed E-state index contributed by atoms with van der Waals surface area (Å²) < 4.78 is 23.0. The van der Waals surface area contributed by atoms with Crippen molar-refractivity contribution in [2.24, 2.45) is 5.10 Å². The van der Waals surface area contributed by atoms with Crippen molar-refractivity contribution in [2.75, 3.05) is 11.7 Å². The van der Waals surface area contributed by atoms with Crippen molar-refractivity contribution in [2.45, 2.75) is 4.90 Å². The number of sulfone groups is 1. The van der Waals surface area contributed by atoms with E-state index in [1.165, 1.54) is 17.6 Å². The van der Waals surface area contributed by atoms with Gasteiger partial charge in [0.05, 0.1) is 16.8 Å². The van der Waals surface area contributed by atoms with E-state index in [-0.39, 0.29) is 10.6 Å². The van der Waals surface area contributed by atoms with E-state index in [0.717, 1.165) is 16.8 Å². The van der Waals surface area contributed by atoms with Gasteiger partial charge in [0.15, 0.2) is 9.84 Å². The average molecular weight is 373 g/mol. The Hall–Kier alpha value is -2.71. The molecule has 0 amide bonds. The molecule has 0 atom stereocenters. The fraction of sp³-hybridized carbons (Fsp3) is 0.0588. The maximum atomic E-state index is 11.5. The van der Waals surface area contributed by atoms with E-state index >= 15 is 0 Å². The first kappa shape index (κ1) is 17.1. The predicted octanol–water partition coefficient (Wildman–Crippen LogP) is 3.37. The number of phenolic OH excluding ortho intramolecular Hbond substituents is 1. The molecule has 0 aliphatic carbocycles. The third-order valence-corrected chi connectivity index (χ3v) is 5.22. The topological polar surface area (TPSA) is 91.7 Å². The van der Waals surface area contributed by atoms with E-state index in [4.69, 9.17) is 0 Å². The summed E-state index contributed by atoms with van der Waals surface area (Å²) in [6, 6.07) is 13.3. The van der Waals surface area contributed by atoms with Crippen molar-refractivity contribution in [3.05, 3.63) is 59.5 Å². The van der Waals surface area contributed by atoms with Gasteiger partial charge in [-0.05, 0) is 42.0 Å². The van der Waals surface area contributed by atoms with Crippen LogP contribution in [0.1, 0.15) is 5.56 Å². The van der Waals surface area contributed by atoms with Crippen LogP contribution in [0.3, 0.4) is 0 Å². The van der Waals surface area contributed by atoms with Gasteiger partial charge >= 0.3 is 0 Å². The lowest BCUT2D eigenvalue weighted by atomic mass is 10.2. The molecule has 2 N–H and O–H groups in total. The van der Waals surface area contributed by atoms with Crippen molar-refractivity contribution in [1.29, 1.82) is 0 Å². The molecule has 1 aromatic heterocycles. The fourth-order valence-corrected chi connectivity index (χ4v) is 3.35. The Kier molecular flexibility index (Phi) is 4.82. The van der Waals surface area contributed by atoms with Crippen molar-refractivity contribution in [3.8, 4) is 17.0 Å². The molecule has 0 aliphatic heterocycles. The quantitative estimate of drug-likeness (QED) is 0.528. The number of thiazole rings is 1. The van der Waals surface area contributed by atoms with Crippen LogP contribution in [0.15, 0.2) is 63.9 Å². The summed E-state index contributed by atoms with van der Waals surface area (Å²) in [5.41, 5.74) is 5.27. The molecule has 6 nitrogen and oxygen atoms in total. The SMILES string of the molecule is CS(=O)(=O)c1ccc(-c2csc(N/N=C/c3ccc(O)cc3)n2)cc1. The van der Waals surface area contributed by atoms with Gasteiger partial charge in [-0.15, -0.1) is 11.3 Å². The maximum absolute atomic E-state index is 11.5. The molecule has 2 aromatic carbocycles. The maximum Gasteiger partial charge on any atom is 0.203 e. The first-order valence-corrected chi connectivity index (χ1v) is 10.0. The number of hydrogen-bond acceptors (Lipinski definition) is 7. The van der Waals surface area contributed by atoms with Gasteiger partial charge in [0.1, 0.15) is 5.75 Å². The van der Waals surface area contributed by atoms with Crippen LogP contribution in [0.4, 0.5) is 5.13 Å². The lowest BCUT2D eigenvalue weighted by Crippen LogP contribution is -1.96. The van der Waals surface area contributed by atoms with Crippen LogP contribution in [0.5, 0.6) is 5.75 Å². The Morgan fingerprint density at radius 2 is 1.80 bits per heavy atom. The molecule has 25 heavy (non-hydrogen) atoms. The summed E-state index contributed by atoms with van der Waals surface area (Å²) in [4.78, 5) is 4.70. The zero-order valence-corrected chi connectivity index (χ0v) is 14.9. The van der Waals surface area contributed by atoms with E-state index in [0.29, 0.717) is 5.13 Å². The summed E-state index contributed by atoms with van der Waals surface area (Å²) in [5.74, 6) is 0.205. The van der Waals surface area contributed by atoms with Gasteiger partial charge in [-0.3, -0.25) is 5.43 Å². The summed E-state index contributed by atoms with van der Waals surface area (Å²) >= 11 is 1.40. The molecule has 0 saturated carbocycles. The lowest BCUT2D eigenvalue weighted by molar-refractivity contribution is 0.475. The van der Waals surface area contributed by atoms with Crippen LogP contribution >= 0.6 is 11.3 Å². The molecule has 0 aliphatic rings. The van der Waals surface area contributed by atoms with Gasteiger partial charge in [-0.2, -0.15) is 5.10 Å². The van der Waals surface area contributed by atoms with Crippen LogP contribution in [-0.4, -0.2) is 31.0 Å². The highest BCUT2D eigenvalue weighted by Gasteiger charge is 2.08. The molecule has 3 aromatic rings. The van der Waals surface area contributed by atoms with Gasteiger partial charge in [0.2, 0.25) is 5.13 Å². The average Bonchev–Trinajstić information content (AvgIpc) is 3.05. The largest absolute Gasteiger partial charge is 0.508 e. The van der Waals surface area contributed by atoms with Crippen molar-refractivity contribution in [1.82, 2.24) is 4.98 Å². The fourth-order valence-electron chi connectivity index (χ4n) is 2.05. The van der Waals surface area contributed by atoms with Crippen molar-refractivity contribution >= 4 is 32.5 Å². The summed E-state index contributed by atoms with van der Waals surface area (Å²) in [5, 5.41) is 15.8. The lowest BCUT2D eigenvalue weighted by Gasteiger charge is -2.00. The highest BCUT2D eigenvalue weighted by atomic mass is 32.2.